The van der Waals surface area contributed by atoms with E-state index in [2.05, 4.69) is 46.2 Å². The van der Waals surface area contributed by atoms with Crippen molar-refractivity contribution in [3.63, 3.8) is 0 Å². The molecule has 0 atom stereocenters. The van der Waals surface area contributed by atoms with Crippen LogP contribution in [0.4, 0.5) is 9.59 Å². The molecule has 9 nitrogen and oxygen atoms in total. The average molecular weight is 412 g/mol. The van der Waals surface area contributed by atoms with Gasteiger partial charge in [-0.05, 0) is 26.0 Å². The molecule has 12 heteroatoms. The summed E-state index contributed by atoms with van der Waals surface area (Å²) in [7, 11) is 9.34. The number of aromatic nitrogens is 1. The van der Waals surface area contributed by atoms with Gasteiger partial charge in [0.25, 0.3) is 0 Å². The van der Waals surface area contributed by atoms with Crippen LogP contribution in [-0.4, -0.2) is 28.5 Å². The number of rotatable bonds is 4. The second-order valence-corrected chi connectivity index (χ2v) is 5.35. The number of nitrogens with one attached hydrogen (secondary N) is 2. The second kappa shape index (κ2) is 11.7. The van der Waals surface area contributed by atoms with Gasteiger partial charge in [-0.2, -0.15) is 10.2 Å². The van der Waals surface area contributed by atoms with Crippen LogP contribution in [0, 0.1) is 0 Å². The molecule has 0 unspecified atom stereocenters. The second-order valence-electron chi connectivity index (χ2n) is 3.80. The van der Waals surface area contributed by atoms with Crippen LogP contribution in [-0.2, 0) is 13.1 Å². The molecular formula is C11H15Cl2CuN7O2. The zero-order valence-corrected chi connectivity index (χ0v) is 14.6. The number of urea groups is 2. The van der Waals surface area contributed by atoms with Crippen molar-refractivity contribution in [1.29, 1.82) is 0 Å². The van der Waals surface area contributed by atoms with E-state index in [9.17, 15) is 9.59 Å². The van der Waals surface area contributed by atoms with Gasteiger partial charge in [-0.25, -0.2) is 25.4 Å². The molecule has 0 fully saturated rings. The maximum absolute atomic E-state index is 10.6. The number of carbonyl (C=O) groups is 2. The predicted molar refractivity (Wildman–Crippen MR) is 85.8 cm³/mol. The van der Waals surface area contributed by atoms with Crippen LogP contribution in [0.5, 0.6) is 0 Å². The summed E-state index contributed by atoms with van der Waals surface area (Å²) < 4.78 is 0. The topological polar surface area (TPSA) is 148 Å². The van der Waals surface area contributed by atoms with Crippen LogP contribution in [0.15, 0.2) is 28.4 Å². The summed E-state index contributed by atoms with van der Waals surface area (Å²) in [6.07, 6.45) is 0. The number of pyridine rings is 1. The third-order valence-corrected chi connectivity index (χ3v) is 2.16. The third kappa shape index (κ3) is 9.69. The van der Waals surface area contributed by atoms with Crippen molar-refractivity contribution in [3.05, 3.63) is 29.6 Å². The van der Waals surface area contributed by atoms with E-state index in [0.717, 1.165) is 13.1 Å². The van der Waals surface area contributed by atoms with Crippen LogP contribution >= 0.6 is 20.2 Å². The molecule has 0 bridgehead atoms. The van der Waals surface area contributed by atoms with E-state index in [1.807, 2.05) is 0 Å². The Hall–Kier alpha value is -1.87. The zero-order valence-electron chi connectivity index (χ0n) is 12.1. The number of hydrogen-bond acceptors (Lipinski definition) is 5. The Morgan fingerprint density at radius 3 is 1.70 bits per heavy atom. The summed E-state index contributed by atoms with van der Waals surface area (Å²) in [5.74, 6) is 0. The molecule has 0 radical (unpaired) electrons. The van der Waals surface area contributed by atoms with Crippen LogP contribution in [0.25, 0.3) is 0 Å². The van der Waals surface area contributed by atoms with Crippen molar-refractivity contribution in [1.82, 2.24) is 15.8 Å². The Labute approximate surface area is 147 Å². The fourth-order valence-electron chi connectivity index (χ4n) is 1.23. The van der Waals surface area contributed by atoms with Gasteiger partial charge in [0.2, 0.25) is 0 Å². The van der Waals surface area contributed by atoms with Crippen molar-refractivity contribution >= 4 is 43.7 Å². The molecule has 4 amide bonds. The van der Waals surface area contributed by atoms with Gasteiger partial charge in [0.1, 0.15) is 0 Å². The fraction of sp³-hybridized carbons (Fsp3) is 0.182. The Morgan fingerprint density at radius 2 is 1.39 bits per heavy atom. The first kappa shape index (κ1) is 21.1. The molecule has 1 rings (SSSR count). The Bertz CT molecular complexity index is 563. The van der Waals surface area contributed by atoms with Gasteiger partial charge in [-0.3, -0.25) is 0 Å². The third-order valence-electron chi connectivity index (χ3n) is 2.16. The number of primary amides is 2. The summed E-state index contributed by atoms with van der Waals surface area (Å²) in [6.45, 7) is 3.33. The predicted octanol–water partition coefficient (Wildman–Crippen LogP) is 1.24. The molecule has 1 aromatic heterocycles. The maximum atomic E-state index is 10.6. The van der Waals surface area contributed by atoms with Crippen LogP contribution in [0.1, 0.15) is 25.2 Å². The average Bonchev–Trinajstić information content (AvgIpc) is 2.51. The minimum absolute atomic E-state index is 0.473. The summed E-state index contributed by atoms with van der Waals surface area (Å²) >= 11 is 0.757. The SMILES string of the molecule is C/C(=N/NC(N)=O)c1cccc(/C(C)=N/NC(N)=O)n1.[Cl][Cu][Cl]. The van der Waals surface area contributed by atoms with E-state index in [-0.39, 0.29) is 0 Å². The van der Waals surface area contributed by atoms with E-state index in [1.165, 1.54) is 0 Å². The first-order chi connectivity index (χ1) is 10.8. The number of hydrazone groups is 2. The van der Waals surface area contributed by atoms with Gasteiger partial charge in [0, 0.05) is 0 Å². The molecule has 6 N–H and O–H groups in total. The van der Waals surface area contributed by atoms with Crippen molar-refractivity contribution in [3.8, 4) is 0 Å². The van der Waals surface area contributed by atoms with Gasteiger partial charge in [-0.15, -0.1) is 0 Å². The van der Waals surface area contributed by atoms with E-state index in [4.69, 9.17) is 11.5 Å². The van der Waals surface area contributed by atoms with Crippen LogP contribution in [0.2, 0.25) is 0 Å². The van der Waals surface area contributed by atoms with Gasteiger partial charge in [0.05, 0.1) is 22.8 Å². The zero-order chi connectivity index (χ0) is 17.8. The van der Waals surface area contributed by atoms with Crippen LogP contribution in [0.3, 0.4) is 0 Å². The molecule has 0 saturated carbocycles. The summed E-state index contributed by atoms with van der Waals surface area (Å²) in [5, 5.41) is 7.54. The van der Waals surface area contributed by atoms with Gasteiger partial charge >= 0.3 is 45.4 Å². The van der Waals surface area contributed by atoms with Crippen molar-refractivity contribution < 1.29 is 22.7 Å². The van der Waals surface area contributed by atoms with Gasteiger partial charge in [-0.1, -0.05) is 6.07 Å². The number of amides is 4. The fourth-order valence-corrected chi connectivity index (χ4v) is 1.23. The Morgan fingerprint density at radius 1 is 1.04 bits per heavy atom. The molecule has 0 aliphatic carbocycles. The monoisotopic (exact) mass is 410 g/mol. The van der Waals surface area contributed by atoms with Gasteiger partial charge < -0.3 is 11.5 Å². The van der Waals surface area contributed by atoms with E-state index < -0.39 is 12.1 Å². The Kier molecular flexibility index (Phi) is 10.7. The summed E-state index contributed by atoms with van der Waals surface area (Å²) in [4.78, 5) is 25.4. The minimum atomic E-state index is -0.760. The molecule has 1 heterocycles. The van der Waals surface area contributed by atoms with E-state index in [1.54, 1.807) is 32.0 Å². The number of nitrogens with zero attached hydrogens (tertiary/aromatic N) is 3. The molecule has 0 spiro atoms. The van der Waals surface area contributed by atoms with Crippen molar-refractivity contribution in [2.24, 2.45) is 21.7 Å². The Balaban J connectivity index is 0.00000149. The first-order valence-electron chi connectivity index (χ1n) is 5.80. The number of halogens is 2. The van der Waals surface area contributed by atoms with E-state index >= 15 is 0 Å². The number of nitrogens with two attached hydrogens (primary N) is 2. The summed E-state index contributed by atoms with van der Waals surface area (Å²) in [6, 6.07) is 3.64. The van der Waals surface area contributed by atoms with Crippen molar-refractivity contribution in [2.75, 3.05) is 0 Å². The molecule has 0 aliphatic heterocycles. The normalized spacial score (nSPS) is 11.3. The molecule has 23 heavy (non-hydrogen) atoms. The molecule has 0 saturated heterocycles. The standard InChI is InChI=1S/C11H15N7O2.2ClH.Cu/c1-6(15-17-10(12)19)8-4-3-5-9(14-8)7(2)16-18-11(13)20;;;/h3-5H,1-2H3,(H3,12,17,19)(H3,13,18,20);2*1H;/q;;;+2/p-2/b15-6-,16-7+;;;. The molecular weight excluding hydrogens is 397 g/mol. The quantitative estimate of drug-likeness (QED) is 0.335. The molecule has 1 aromatic rings. The number of hydrogen-bond donors (Lipinski definition) is 4. The molecule has 131 valence electrons. The van der Waals surface area contributed by atoms with Crippen molar-refractivity contribution in [2.45, 2.75) is 13.8 Å². The van der Waals surface area contributed by atoms with Crippen LogP contribution < -0.4 is 22.3 Å². The van der Waals surface area contributed by atoms with Gasteiger partial charge in [0.15, 0.2) is 0 Å². The molecule has 0 aliphatic rings. The summed E-state index contributed by atoms with van der Waals surface area (Å²) in [5.41, 5.74) is 16.1. The molecule has 0 aromatic carbocycles. The van der Waals surface area contributed by atoms with E-state index in [0.29, 0.717) is 22.8 Å². The first-order valence-corrected chi connectivity index (χ1v) is 8.39. The number of carbonyl (C=O) groups excluding carboxylic acids is 2.